The van der Waals surface area contributed by atoms with Gasteiger partial charge >= 0.3 is 12.1 Å². The summed E-state index contributed by atoms with van der Waals surface area (Å²) in [6, 6.07) is 14.0. The molecular weight excluding hydrogens is 365 g/mol. The first-order valence-corrected chi connectivity index (χ1v) is 8.35. The fraction of sp³-hybridized carbons (Fsp3) is 0.222. The van der Waals surface area contributed by atoms with Gasteiger partial charge in [-0.05, 0) is 29.7 Å². The van der Waals surface area contributed by atoms with E-state index in [4.69, 9.17) is 27.9 Å². The average molecular weight is 382 g/mol. The maximum atomic E-state index is 11.7. The molecule has 7 heteroatoms. The Morgan fingerprint density at radius 3 is 2.44 bits per heavy atom. The predicted octanol–water partition coefficient (Wildman–Crippen LogP) is 4.48. The first-order valence-electron chi connectivity index (χ1n) is 7.59. The Morgan fingerprint density at radius 1 is 1.08 bits per heavy atom. The van der Waals surface area contributed by atoms with E-state index in [0.717, 1.165) is 5.56 Å². The molecule has 0 fully saturated rings. The summed E-state index contributed by atoms with van der Waals surface area (Å²) < 4.78 is 5.07. The minimum absolute atomic E-state index is 0.155. The molecule has 0 heterocycles. The molecule has 2 N–H and O–H groups in total. The van der Waals surface area contributed by atoms with Crippen molar-refractivity contribution in [1.29, 1.82) is 0 Å². The van der Waals surface area contributed by atoms with Crippen LogP contribution in [0.15, 0.2) is 48.5 Å². The lowest BCUT2D eigenvalue weighted by Gasteiger charge is -2.14. The summed E-state index contributed by atoms with van der Waals surface area (Å²) in [6.45, 7) is 0.312. The van der Waals surface area contributed by atoms with Crippen molar-refractivity contribution in [1.82, 2.24) is 5.32 Å². The largest absolute Gasteiger partial charge is 0.481 e. The molecule has 132 valence electrons. The van der Waals surface area contributed by atoms with Gasteiger partial charge in [-0.15, -0.1) is 0 Å². The van der Waals surface area contributed by atoms with E-state index >= 15 is 0 Å². The second-order valence-corrected chi connectivity index (χ2v) is 6.16. The molecule has 0 aliphatic heterocycles. The van der Waals surface area contributed by atoms with Crippen LogP contribution in [0.1, 0.15) is 23.5 Å². The molecule has 25 heavy (non-hydrogen) atoms. The third-order valence-electron chi connectivity index (χ3n) is 3.56. The van der Waals surface area contributed by atoms with Gasteiger partial charge < -0.3 is 15.2 Å². The molecule has 2 aromatic rings. The smallest absolute Gasteiger partial charge is 0.407 e. The third-order valence-corrected chi connectivity index (χ3v) is 4.30. The zero-order chi connectivity index (χ0) is 18.2. The highest BCUT2D eigenvalue weighted by Crippen LogP contribution is 2.28. The molecule has 2 rings (SSSR count). The molecule has 0 aliphatic carbocycles. The van der Waals surface area contributed by atoms with E-state index in [1.54, 1.807) is 12.1 Å². The van der Waals surface area contributed by atoms with Gasteiger partial charge in [-0.25, -0.2) is 4.79 Å². The molecular formula is C18H17Cl2NO4. The average Bonchev–Trinajstić information content (AvgIpc) is 2.60. The van der Waals surface area contributed by atoms with E-state index in [9.17, 15) is 14.7 Å². The van der Waals surface area contributed by atoms with Gasteiger partial charge in [0.25, 0.3) is 0 Å². The maximum absolute atomic E-state index is 11.7. The first kappa shape index (κ1) is 19.1. The highest BCUT2D eigenvalue weighted by Gasteiger charge is 2.20. The minimum atomic E-state index is -1.00. The number of ether oxygens (including phenoxy) is 1. The highest BCUT2D eigenvalue weighted by molar-refractivity contribution is 6.42. The van der Waals surface area contributed by atoms with Crippen LogP contribution in [0.3, 0.4) is 0 Å². The topological polar surface area (TPSA) is 75.6 Å². The molecule has 0 saturated heterocycles. The molecule has 0 radical (unpaired) electrons. The van der Waals surface area contributed by atoms with Crippen LogP contribution >= 0.6 is 23.2 Å². The van der Waals surface area contributed by atoms with Crippen molar-refractivity contribution in [2.24, 2.45) is 0 Å². The van der Waals surface area contributed by atoms with Crippen molar-refractivity contribution >= 4 is 35.3 Å². The number of benzene rings is 2. The zero-order valence-electron chi connectivity index (χ0n) is 13.2. The Morgan fingerprint density at radius 2 is 1.80 bits per heavy atom. The SMILES string of the molecule is O=C(NCCC(C(=O)O)c1ccc(Cl)c(Cl)c1)OCc1ccccc1. The van der Waals surface area contributed by atoms with Crippen molar-refractivity contribution in [3.05, 3.63) is 69.7 Å². The fourth-order valence-electron chi connectivity index (χ4n) is 2.25. The normalized spacial score (nSPS) is 11.6. The van der Waals surface area contributed by atoms with E-state index in [0.29, 0.717) is 15.6 Å². The summed E-state index contributed by atoms with van der Waals surface area (Å²) in [4.78, 5) is 23.1. The Bertz CT molecular complexity index is 737. The van der Waals surface area contributed by atoms with Crippen LogP contribution < -0.4 is 5.32 Å². The molecule has 0 aliphatic rings. The molecule has 2 aromatic carbocycles. The fourth-order valence-corrected chi connectivity index (χ4v) is 2.56. The summed E-state index contributed by atoms with van der Waals surface area (Å²) >= 11 is 11.8. The van der Waals surface area contributed by atoms with Crippen LogP contribution in [0, 0.1) is 0 Å². The lowest BCUT2D eigenvalue weighted by molar-refractivity contribution is -0.138. The van der Waals surface area contributed by atoms with Crippen molar-refractivity contribution in [3.63, 3.8) is 0 Å². The van der Waals surface area contributed by atoms with Crippen LogP contribution in [0.2, 0.25) is 10.0 Å². The van der Waals surface area contributed by atoms with Gasteiger partial charge in [0.1, 0.15) is 6.61 Å². The van der Waals surface area contributed by atoms with E-state index < -0.39 is 18.0 Å². The Kier molecular flexibility index (Phi) is 7.10. The molecule has 0 saturated carbocycles. The van der Waals surface area contributed by atoms with Gasteiger partial charge in [0.05, 0.1) is 16.0 Å². The number of hydrogen-bond acceptors (Lipinski definition) is 3. The van der Waals surface area contributed by atoms with Gasteiger partial charge in [0.15, 0.2) is 0 Å². The number of nitrogens with one attached hydrogen (secondary N) is 1. The third kappa shape index (κ3) is 5.96. The number of carbonyl (C=O) groups is 2. The summed E-state index contributed by atoms with van der Waals surface area (Å²) in [5, 5.41) is 12.6. The van der Waals surface area contributed by atoms with Gasteiger partial charge in [-0.1, -0.05) is 59.6 Å². The van der Waals surface area contributed by atoms with Crippen molar-refractivity contribution in [2.45, 2.75) is 18.9 Å². The van der Waals surface area contributed by atoms with E-state index in [1.165, 1.54) is 6.07 Å². The van der Waals surface area contributed by atoms with Crippen LogP contribution in [0.4, 0.5) is 4.79 Å². The summed E-state index contributed by atoms with van der Waals surface area (Å²) in [6.07, 6.45) is -0.393. The number of carboxylic acids is 1. The maximum Gasteiger partial charge on any atom is 0.407 e. The number of rotatable bonds is 7. The second-order valence-electron chi connectivity index (χ2n) is 5.34. The molecule has 1 unspecified atom stereocenters. The van der Waals surface area contributed by atoms with Crippen molar-refractivity contribution in [3.8, 4) is 0 Å². The standard InChI is InChI=1S/C18H17Cl2NO4/c19-15-7-6-13(10-16(15)20)14(17(22)23)8-9-21-18(24)25-11-12-4-2-1-3-5-12/h1-7,10,14H,8-9,11H2,(H,21,24)(H,22,23). The Labute approximate surface area is 155 Å². The predicted molar refractivity (Wildman–Crippen MR) is 96.1 cm³/mol. The number of amides is 1. The number of hydrogen-bond donors (Lipinski definition) is 2. The van der Waals surface area contributed by atoms with Gasteiger partial charge in [-0.3, -0.25) is 4.79 Å². The van der Waals surface area contributed by atoms with Crippen LogP contribution in [-0.2, 0) is 16.1 Å². The highest BCUT2D eigenvalue weighted by atomic mass is 35.5. The minimum Gasteiger partial charge on any atom is -0.481 e. The number of aliphatic carboxylic acids is 1. The summed E-state index contributed by atoms with van der Waals surface area (Å²) in [5.41, 5.74) is 1.40. The van der Waals surface area contributed by atoms with E-state index in [1.807, 2.05) is 30.3 Å². The van der Waals surface area contributed by atoms with Crippen molar-refractivity contribution in [2.75, 3.05) is 6.54 Å². The monoisotopic (exact) mass is 381 g/mol. The van der Waals surface area contributed by atoms with Crippen LogP contribution in [0.5, 0.6) is 0 Å². The quantitative estimate of drug-likeness (QED) is 0.741. The number of carbonyl (C=O) groups excluding carboxylic acids is 1. The van der Waals surface area contributed by atoms with Crippen LogP contribution in [-0.4, -0.2) is 23.7 Å². The molecule has 1 atom stereocenters. The summed E-state index contributed by atoms with van der Waals surface area (Å²) in [5.74, 6) is -1.80. The van der Waals surface area contributed by atoms with Gasteiger partial charge in [0, 0.05) is 6.54 Å². The van der Waals surface area contributed by atoms with Gasteiger partial charge in [0.2, 0.25) is 0 Å². The van der Waals surface area contributed by atoms with E-state index in [-0.39, 0.29) is 19.6 Å². The zero-order valence-corrected chi connectivity index (χ0v) is 14.8. The molecule has 1 amide bonds. The second kappa shape index (κ2) is 9.30. The van der Waals surface area contributed by atoms with Gasteiger partial charge in [-0.2, -0.15) is 0 Å². The Hall–Kier alpha value is -2.24. The molecule has 0 spiro atoms. The lowest BCUT2D eigenvalue weighted by Crippen LogP contribution is -2.27. The Balaban J connectivity index is 1.83. The lowest BCUT2D eigenvalue weighted by atomic mass is 9.96. The molecule has 5 nitrogen and oxygen atoms in total. The first-order chi connectivity index (χ1) is 12.0. The molecule has 0 bridgehead atoms. The van der Waals surface area contributed by atoms with Crippen molar-refractivity contribution < 1.29 is 19.4 Å². The van der Waals surface area contributed by atoms with Crippen LogP contribution in [0.25, 0.3) is 0 Å². The summed E-state index contributed by atoms with van der Waals surface area (Å²) in [7, 11) is 0. The number of carboxylic acid groups (broad SMARTS) is 1. The number of halogens is 2. The van der Waals surface area contributed by atoms with E-state index in [2.05, 4.69) is 5.32 Å². The number of alkyl carbamates (subject to hydrolysis) is 1. The molecule has 0 aromatic heterocycles.